The van der Waals surface area contributed by atoms with Crippen LogP contribution in [0.3, 0.4) is 0 Å². The molecule has 7 nitrogen and oxygen atoms in total. The lowest BCUT2D eigenvalue weighted by Gasteiger charge is -2.33. The Bertz CT molecular complexity index is 1010. The molecule has 0 radical (unpaired) electrons. The molecule has 0 saturated carbocycles. The fraction of sp³-hybridized carbons (Fsp3) is 0.550. The first kappa shape index (κ1) is 23.0. The van der Waals surface area contributed by atoms with Crippen molar-refractivity contribution < 1.29 is 13.2 Å². The third-order valence-corrected chi connectivity index (χ3v) is 9.15. The fourth-order valence-corrected chi connectivity index (χ4v) is 6.81. The first-order valence-corrected chi connectivity index (χ1v) is 13.6. The van der Waals surface area contributed by atoms with Gasteiger partial charge in [-0.15, -0.1) is 10.2 Å². The zero-order chi connectivity index (χ0) is 21.9. The van der Waals surface area contributed by atoms with Crippen molar-refractivity contribution in [3.63, 3.8) is 0 Å². The van der Waals surface area contributed by atoms with Gasteiger partial charge >= 0.3 is 0 Å². The molecule has 2 atom stereocenters. The summed E-state index contributed by atoms with van der Waals surface area (Å²) in [5.41, 5.74) is 3.38. The van der Waals surface area contributed by atoms with Crippen LogP contribution in [0.2, 0.25) is 0 Å². The number of hydrogen-bond acceptors (Lipinski definition) is 8. The summed E-state index contributed by atoms with van der Waals surface area (Å²) in [6, 6.07) is 5.90. The molecule has 164 valence electrons. The number of rotatable bonds is 8. The van der Waals surface area contributed by atoms with Gasteiger partial charge < -0.3 is 10.2 Å². The lowest BCUT2D eigenvalue weighted by atomic mass is 10.1. The van der Waals surface area contributed by atoms with Gasteiger partial charge in [-0.3, -0.25) is 4.79 Å². The van der Waals surface area contributed by atoms with E-state index in [1.807, 2.05) is 19.9 Å². The van der Waals surface area contributed by atoms with Gasteiger partial charge in [0, 0.05) is 17.8 Å². The molecule has 2 unspecified atom stereocenters. The standard InChI is InChI=1S/C20H28N4O3S3/c1-5-15(4)24(17-8-9-30(26,27)12-17)18(25)11-28-20-23-22-19(29-20)21-16-7-6-13(2)14(3)10-16/h6-7,10,15,17H,5,8-9,11-12H2,1-4H3,(H,21,22). The molecule has 1 fully saturated rings. The third kappa shape index (κ3) is 5.73. The van der Waals surface area contributed by atoms with Gasteiger partial charge in [0.25, 0.3) is 0 Å². The molecule has 1 saturated heterocycles. The summed E-state index contributed by atoms with van der Waals surface area (Å²) >= 11 is 2.75. The Labute approximate surface area is 186 Å². The molecule has 2 heterocycles. The number of amides is 1. The van der Waals surface area contributed by atoms with Crippen LogP contribution in [-0.2, 0) is 14.6 Å². The number of aromatic nitrogens is 2. The summed E-state index contributed by atoms with van der Waals surface area (Å²) in [7, 11) is -3.04. The normalized spacial score (nSPS) is 18.9. The smallest absolute Gasteiger partial charge is 0.233 e. The number of carbonyl (C=O) groups is 1. The van der Waals surface area contributed by atoms with Crippen LogP contribution in [0.1, 0.15) is 37.8 Å². The number of benzene rings is 1. The van der Waals surface area contributed by atoms with Gasteiger partial charge in [0.05, 0.1) is 17.3 Å². The van der Waals surface area contributed by atoms with E-state index in [0.717, 1.165) is 12.1 Å². The van der Waals surface area contributed by atoms with E-state index in [1.54, 1.807) is 4.90 Å². The maximum absolute atomic E-state index is 12.9. The van der Waals surface area contributed by atoms with E-state index in [9.17, 15) is 13.2 Å². The first-order chi connectivity index (χ1) is 14.2. The van der Waals surface area contributed by atoms with Crippen molar-refractivity contribution >= 4 is 49.7 Å². The Morgan fingerprint density at radius 2 is 2.10 bits per heavy atom. The summed E-state index contributed by atoms with van der Waals surface area (Å²) in [6.07, 6.45) is 1.31. The molecule has 0 spiro atoms. The van der Waals surface area contributed by atoms with E-state index in [1.165, 1.54) is 34.2 Å². The minimum Gasteiger partial charge on any atom is -0.335 e. The van der Waals surface area contributed by atoms with E-state index in [0.29, 0.717) is 15.9 Å². The topological polar surface area (TPSA) is 92.3 Å². The number of nitrogens with one attached hydrogen (secondary N) is 1. The van der Waals surface area contributed by atoms with Crippen molar-refractivity contribution in [2.75, 3.05) is 22.6 Å². The van der Waals surface area contributed by atoms with Crippen molar-refractivity contribution in [1.82, 2.24) is 15.1 Å². The van der Waals surface area contributed by atoms with Crippen molar-refractivity contribution in [3.05, 3.63) is 29.3 Å². The van der Waals surface area contributed by atoms with Gasteiger partial charge in [0.1, 0.15) is 0 Å². The lowest BCUT2D eigenvalue weighted by Crippen LogP contribution is -2.47. The highest BCUT2D eigenvalue weighted by Crippen LogP contribution is 2.29. The van der Waals surface area contributed by atoms with E-state index in [-0.39, 0.29) is 35.2 Å². The maximum Gasteiger partial charge on any atom is 0.233 e. The van der Waals surface area contributed by atoms with Gasteiger partial charge in [-0.2, -0.15) is 0 Å². The predicted octanol–water partition coefficient (Wildman–Crippen LogP) is 3.80. The Balaban J connectivity index is 1.61. The van der Waals surface area contributed by atoms with Gasteiger partial charge in [-0.05, 0) is 56.9 Å². The van der Waals surface area contributed by atoms with Gasteiger partial charge in [0.15, 0.2) is 14.2 Å². The highest BCUT2D eigenvalue weighted by molar-refractivity contribution is 8.01. The minimum absolute atomic E-state index is 0.00724. The third-order valence-electron chi connectivity index (χ3n) is 5.44. The largest absolute Gasteiger partial charge is 0.335 e. The zero-order valence-corrected chi connectivity index (χ0v) is 20.2. The van der Waals surface area contributed by atoms with E-state index in [2.05, 4.69) is 41.5 Å². The Hall–Kier alpha value is -1.65. The molecule has 30 heavy (non-hydrogen) atoms. The average molecular weight is 469 g/mol. The van der Waals surface area contributed by atoms with Crippen LogP contribution in [0.25, 0.3) is 0 Å². The molecular weight excluding hydrogens is 440 g/mol. The molecule has 3 rings (SSSR count). The molecule has 1 aromatic heterocycles. The van der Waals surface area contributed by atoms with Crippen molar-refractivity contribution in [2.45, 2.75) is 57.0 Å². The van der Waals surface area contributed by atoms with Crippen LogP contribution in [-0.4, -0.2) is 58.8 Å². The lowest BCUT2D eigenvalue weighted by molar-refractivity contribution is -0.132. The fourth-order valence-electron chi connectivity index (χ4n) is 3.46. The van der Waals surface area contributed by atoms with Gasteiger partial charge in [-0.1, -0.05) is 36.1 Å². The van der Waals surface area contributed by atoms with Crippen molar-refractivity contribution in [3.8, 4) is 0 Å². The zero-order valence-electron chi connectivity index (χ0n) is 17.7. The second-order valence-electron chi connectivity index (χ2n) is 7.70. The number of carbonyl (C=O) groups excluding carboxylic acids is 1. The van der Waals surface area contributed by atoms with Crippen molar-refractivity contribution in [1.29, 1.82) is 0 Å². The summed E-state index contributed by atoms with van der Waals surface area (Å²) in [4.78, 5) is 14.7. The second kappa shape index (κ2) is 9.65. The molecule has 1 aromatic carbocycles. The molecule has 2 aromatic rings. The number of aryl methyl sites for hydroxylation is 2. The highest BCUT2D eigenvalue weighted by Gasteiger charge is 2.36. The quantitative estimate of drug-likeness (QED) is 0.589. The van der Waals surface area contributed by atoms with E-state index >= 15 is 0 Å². The maximum atomic E-state index is 12.9. The van der Waals surface area contributed by atoms with Crippen LogP contribution < -0.4 is 5.32 Å². The Morgan fingerprint density at radius 1 is 1.33 bits per heavy atom. The minimum atomic E-state index is -3.04. The second-order valence-corrected chi connectivity index (χ2v) is 12.1. The predicted molar refractivity (Wildman–Crippen MR) is 123 cm³/mol. The molecule has 1 aliphatic rings. The molecule has 1 N–H and O–H groups in total. The summed E-state index contributed by atoms with van der Waals surface area (Å²) in [5, 5.41) is 12.3. The van der Waals surface area contributed by atoms with Crippen LogP contribution in [0.5, 0.6) is 0 Å². The SMILES string of the molecule is CCC(C)N(C(=O)CSc1nnc(Nc2ccc(C)c(C)c2)s1)C1CCS(=O)(=O)C1. The molecule has 1 amide bonds. The summed E-state index contributed by atoms with van der Waals surface area (Å²) < 4.78 is 24.5. The van der Waals surface area contributed by atoms with Gasteiger partial charge in [-0.25, -0.2) is 8.42 Å². The first-order valence-electron chi connectivity index (χ1n) is 10.0. The summed E-state index contributed by atoms with van der Waals surface area (Å²) in [6.45, 7) is 8.12. The molecule has 10 heteroatoms. The summed E-state index contributed by atoms with van der Waals surface area (Å²) in [5.74, 6) is 0.403. The number of nitrogens with zero attached hydrogens (tertiary/aromatic N) is 3. The Kier molecular flexibility index (Phi) is 7.41. The Morgan fingerprint density at radius 3 is 2.73 bits per heavy atom. The molecule has 0 bridgehead atoms. The van der Waals surface area contributed by atoms with Crippen LogP contribution >= 0.6 is 23.1 Å². The van der Waals surface area contributed by atoms with E-state index in [4.69, 9.17) is 0 Å². The van der Waals surface area contributed by atoms with E-state index < -0.39 is 9.84 Å². The molecule has 0 aliphatic carbocycles. The highest BCUT2D eigenvalue weighted by atomic mass is 32.2. The van der Waals surface area contributed by atoms with Crippen LogP contribution in [0.15, 0.2) is 22.5 Å². The monoisotopic (exact) mass is 468 g/mol. The molecular formula is C20H28N4O3S3. The number of thioether (sulfide) groups is 1. The van der Waals surface area contributed by atoms with Crippen LogP contribution in [0.4, 0.5) is 10.8 Å². The van der Waals surface area contributed by atoms with Crippen molar-refractivity contribution in [2.24, 2.45) is 0 Å². The van der Waals surface area contributed by atoms with Gasteiger partial charge in [0.2, 0.25) is 11.0 Å². The van der Waals surface area contributed by atoms with Crippen LogP contribution in [0, 0.1) is 13.8 Å². The number of anilines is 2. The number of sulfone groups is 1. The molecule has 1 aliphatic heterocycles. The average Bonchev–Trinajstić information content (AvgIpc) is 3.29. The number of hydrogen-bond donors (Lipinski definition) is 1.